The SMILES string of the molecule is Cc1nnsc1C(=O)N(Cc1nn(C)c2c1CCC2)C1CCCC1. The van der Waals surface area contributed by atoms with E-state index in [1.165, 1.54) is 42.1 Å². The molecule has 0 aliphatic heterocycles. The number of hydrogen-bond acceptors (Lipinski definition) is 5. The molecule has 24 heavy (non-hydrogen) atoms. The fourth-order valence-electron chi connectivity index (χ4n) is 4.13. The van der Waals surface area contributed by atoms with Gasteiger partial charge in [-0.15, -0.1) is 5.10 Å². The molecule has 0 bridgehead atoms. The van der Waals surface area contributed by atoms with Gasteiger partial charge in [-0.1, -0.05) is 17.3 Å². The highest BCUT2D eigenvalue weighted by atomic mass is 32.1. The number of aryl methyl sites for hydroxylation is 2. The standard InChI is InChI=1S/C17H23N5OS/c1-11-16(24-20-18-11)17(23)22(12-6-3-4-7-12)10-14-13-8-5-9-15(13)21(2)19-14/h12H,3-10H2,1-2H3. The number of amides is 1. The van der Waals surface area contributed by atoms with Gasteiger partial charge < -0.3 is 4.90 Å². The van der Waals surface area contributed by atoms with E-state index in [1.54, 1.807) is 0 Å². The van der Waals surface area contributed by atoms with Crippen LogP contribution in [0.25, 0.3) is 0 Å². The summed E-state index contributed by atoms with van der Waals surface area (Å²) in [4.78, 5) is 15.9. The van der Waals surface area contributed by atoms with Crippen LogP contribution in [0.1, 0.15) is 64.4 Å². The van der Waals surface area contributed by atoms with Crippen LogP contribution in [0.4, 0.5) is 0 Å². The molecule has 7 heteroatoms. The van der Waals surface area contributed by atoms with Gasteiger partial charge in [-0.25, -0.2) is 0 Å². The third-order valence-corrected chi connectivity index (χ3v) is 6.21. The summed E-state index contributed by atoms with van der Waals surface area (Å²) in [6.45, 7) is 2.48. The fourth-order valence-corrected chi connectivity index (χ4v) is 4.74. The third-order valence-electron chi connectivity index (χ3n) is 5.39. The summed E-state index contributed by atoms with van der Waals surface area (Å²) in [7, 11) is 2.02. The first-order valence-corrected chi connectivity index (χ1v) is 9.56. The Bertz CT molecular complexity index is 759. The molecular weight excluding hydrogens is 322 g/mol. The second kappa shape index (κ2) is 6.27. The second-order valence-electron chi connectivity index (χ2n) is 6.91. The van der Waals surface area contributed by atoms with Gasteiger partial charge in [0.1, 0.15) is 4.88 Å². The van der Waals surface area contributed by atoms with Crippen molar-refractivity contribution >= 4 is 17.4 Å². The summed E-state index contributed by atoms with van der Waals surface area (Å²) in [6.07, 6.45) is 7.98. The lowest BCUT2D eigenvalue weighted by atomic mass is 10.1. The molecule has 0 radical (unpaired) electrons. The maximum atomic E-state index is 13.1. The third kappa shape index (κ3) is 2.64. The molecule has 6 nitrogen and oxygen atoms in total. The van der Waals surface area contributed by atoms with E-state index in [0.29, 0.717) is 17.5 Å². The average Bonchev–Trinajstić information content (AvgIpc) is 3.32. The maximum Gasteiger partial charge on any atom is 0.268 e. The van der Waals surface area contributed by atoms with Crippen molar-refractivity contribution in [2.75, 3.05) is 0 Å². The van der Waals surface area contributed by atoms with E-state index < -0.39 is 0 Å². The van der Waals surface area contributed by atoms with Crippen molar-refractivity contribution < 1.29 is 4.79 Å². The lowest BCUT2D eigenvalue weighted by Crippen LogP contribution is -2.38. The first kappa shape index (κ1) is 15.7. The number of hydrogen-bond donors (Lipinski definition) is 0. The Hall–Kier alpha value is -1.76. The van der Waals surface area contributed by atoms with Crippen molar-refractivity contribution in [1.29, 1.82) is 0 Å². The Morgan fingerprint density at radius 1 is 1.29 bits per heavy atom. The molecule has 128 valence electrons. The predicted molar refractivity (Wildman–Crippen MR) is 92.0 cm³/mol. The van der Waals surface area contributed by atoms with Crippen molar-refractivity contribution in [3.05, 3.63) is 27.5 Å². The second-order valence-corrected chi connectivity index (χ2v) is 7.66. The normalized spacial score (nSPS) is 17.4. The van der Waals surface area contributed by atoms with E-state index in [2.05, 4.69) is 9.59 Å². The van der Waals surface area contributed by atoms with Crippen LogP contribution >= 0.6 is 11.5 Å². The van der Waals surface area contributed by atoms with Crippen LogP contribution < -0.4 is 0 Å². The number of aromatic nitrogens is 4. The molecule has 2 aliphatic rings. The van der Waals surface area contributed by atoms with E-state index in [-0.39, 0.29) is 5.91 Å². The summed E-state index contributed by atoms with van der Waals surface area (Å²) in [5, 5.41) is 8.74. The van der Waals surface area contributed by atoms with Gasteiger partial charge in [-0.3, -0.25) is 9.48 Å². The average molecular weight is 345 g/mol. The number of nitrogens with zero attached hydrogens (tertiary/aromatic N) is 5. The lowest BCUT2D eigenvalue weighted by molar-refractivity contribution is 0.0665. The van der Waals surface area contributed by atoms with Crippen molar-refractivity contribution in [2.24, 2.45) is 7.05 Å². The molecule has 1 amide bonds. The number of carbonyl (C=O) groups is 1. The molecule has 0 spiro atoms. The van der Waals surface area contributed by atoms with Crippen molar-refractivity contribution in [1.82, 2.24) is 24.3 Å². The highest BCUT2D eigenvalue weighted by molar-refractivity contribution is 7.07. The summed E-state index contributed by atoms with van der Waals surface area (Å²) in [6, 6.07) is 0.318. The van der Waals surface area contributed by atoms with Crippen LogP contribution in [0.2, 0.25) is 0 Å². The van der Waals surface area contributed by atoms with E-state index in [1.807, 2.05) is 23.6 Å². The van der Waals surface area contributed by atoms with Gasteiger partial charge >= 0.3 is 0 Å². The van der Waals surface area contributed by atoms with Crippen LogP contribution in [0, 0.1) is 6.92 Å². The van der Waals surface area contributed by atoms with Gasteiger partial charge in [0.2, 0.25) is 0 Å². The minimum absolute atomic E-state index is 0.0757. The number of carbonyl (C=O) groups excluding carboxylic acids is 1. The first-order valence-electron chi connectivity index (χ1n) is 8.78. The minimum Gasteiger partial charge on any atom is -0.329 e. The molecule has 0 saturated heterocycles. The fraction of sp³-hybridized carbons (Fsp3) is 0.647. The Morgan fingerprint density at radius 2 is 2.08 bits per heavy atom. The van der Waals surface area contributed by atoms with Gasteiger partial charge in [0.15, 0.2) is 0 Å². The Balaban J connectivity index is 1.65. The summed E-state index contributed by atoms with van der Waals surface area (Å²) < 4.78 is 5.95. The molecule has 2 heterocycles. The molecule has 0 unspecified atom stereocenters. The summed E-state index contributed by atoms with van der Waals surface area (Å²) in [5.74, 6) is 0.0757. The Morgan fingerprint density at radius 3 is 2.79 bits per heavy atom. The largest absolute Gasteiger partial charge is 0.329 e. The number of rotatable bonds is 4. The number of fused-ring (bicyclic) bond motifs is 1. The molecule has 2 aliphatic carbocycles. The molecule has 2 aromatic rings. The molecular formula is C17H23N5OS. The van der Waals surface area contributed by atoms with Crippen LogP contribution in [-0.2, 0) is 26.4 Å². The van der Waals surface area contributed by atoms with Crippen LogP contribution in [0.5, 0.6) is 0 Å². The molecule has 0 atom stereocenters. The summed E-state index contributed by atoms with van der Waals surface area (Å²) in [5.41, 5.74) is 4.53. The van der Waals surface area contributed by atoms with E-state index in [9.17, 15) is 4.79 Å². The predicted octanol–water partition coefficient (Wildman–Crippen LogP) is 2.65. The minimum atomic E-state index is 0.0757. The maximum absolute atomic E-state index is 13.1. The van der Waals surface area contributed by atoms with Gasteiger partial charge in [-0.2, -0.15) is 5.10 Å². The topological polar surface area (TPSA) is 63.9 Å². The molecule has 1 saturated carbocycles. The zero-order chi connectivity index (χ0) is 16.7. The van der Waals surface area contributed by atoms with Crippen LogP contribution in [0.3, 0.4) is 0 Å². The zero-order valence-electron chi connectivity index (χ0n) is 14.3. The van der Waals surface area contributed by atoms with Gasteiger partial charge in [0.25, 0.3) is 5.91 Å². The first-order chi connectivity index (χ1) is 11.6. The van der Waals surface area contributed by atoms with Gasteiger partial charge in [0.05, 0.1) is 17.9 Å². The Kier molecular flexibility index (Phi) is 4.12. The van der Waals surface area contributed by atoms with Crippen molar-refractivity contribution in [3.63, 3.8) is 0 Å². The van der Waals surface area contributed by atoms with E-state index in [4.69, 9.17) is 5.10 Å². The smallest absolute Gasteiger partial charge is 0.268 e. The molecule has 1 fully saturated rings. The highest BCUT2D eigenvalue weighted by Crippen LogP contribution is 2.30. The van der Waals surface area contributed by atoms with Crippen LogP contribution in [-0.4, -0.2) is 36.2 Å². The van der Waals surface area contributed by atoms with Gasteiger partial charge in [0, 0.05) is 18.8 Å². The molecule has 4 rings (SSSR count). The monoisotopic (exact) mass is 345 g/mol. The molecule has 0 N–H and O–H groups in total. The van der Waals surface area contributed by atoms with Crippen LogP contribution in [0.15, 0.2) is 0 Å². The lowest BCUT2D eigenvalue weighted by Gasteiger charge is -2.28. The zero-order valence-corrected chi connectivity index (χ0v) is 15.1. The van der Waals surface area contributed by atoms with Crippen molar-refractivity contribution in [3.8, 4) is 0 Å². The molecule has 2 aromatic heterocycles. The van der Waals surface area contributed by atoms with E-state index in [0.717, 1.165) is 37.1 Å². The Labute approximate surface area is 146 Å². The van der Waals surface area contributed by atoms with Crippen molar-refractivity contribution in [2.45, 2.75) is 64.5 Å². The quantitative estimate of drug-likeness (QED) is 0.854. The molecule has 0 aromatic carbocycles. The highest BCUT2D eigenvalue weighted by Gasteiger charge is 2.32. The summed E-state index contributed by atoms with van der Waals surface area (Å²) >= 11 is 1.21. The van der Waals surface area contributed by atoms with E-state index >= 15 is 0 Å². The van der Waals surface area contributed by atoms with Gasteiger partial charge in [-0.05, 0) is 56.1 Å².